The van der Waals surface area contributed by atoms with Gasteiger partial charge in [-0.05, 0) is 25.0 Å². The van der Waals surface area contributed by atoms with Crippen LogP contribution in [0.3, 0.4) is 0 Å². The van der Waals surface area contributed by atoms with E-state index in [4.69, 9.17) is 20.4 Å². The van der Waals surface area contributed by atoms with Gasteiger partial charge in [-0.1, -0.05) is 31.9 Å². The normalized spacial score (nSPS) is 11.3. The fraction of sp³-hybridized carbons (Fsp3) is 0.450. The van der Waals surface area contributed by atoms with Gasteiger partial charge in [0.05, 0.1) is 11.0 Å². The summed E-state index contributed by atoms with van der Waals surface area (Å²) in [5, 5.41) is 2.97. The first-order valence-electron chi connectivity index (χ1n) is 9.49. The second-order valence-corrected chi connectivity index (χ2v) is 6.61. The third-order valence-electron chi connectivity index (χ3n) is 4.61. The summed E-state index contributed by atoms with van der Waals surface area (Å²) in [7, 11) is 1.67. The lowest BCUT2D eigenvalue weighted by Gasteiger charge is -2.08. The summed E-state index contributed by atoms with van der Waals surface area (Å²) < 4.78 is 7.02. The van der Waals surface area contributed by atoms with Crippen LogP contribution in [-0.4, -0.2) is 40.7 Å². The van der Waals surface area contributed by atoms with E-state index in [0.29, 0.717) is 42.2 Å². The molecule has 7 nitrogen and oxygen atoms in total. The van der Waals surface area contributed by atoms with Crippen LogP contribution >= 0.6 is 0 Å². The van der Waals surface area contributed by atoms with Crippen molar-refractivity contribution < 1.29 is 9.53 Å². The van der Waals surface area contributed by atoms with Crippen LogP contribution in [0, 0.1) is 0 Å². The summed E-state index contributed by atoms with van der Waals surface area (Å²) in [5.74, 6) is 0.216. The van der Waals surface area contributed by atoms with Crippen LogP contribution in [0.1, 0.15) is 43.0 Å². The van der Waals surface area contributed by atoms with E-state index in [2.05, 4.69) is 12.2 Å². The van der Waals surface area contributed by atoms with Crippen molar-refractivity contribution in [2.75, 3.05) is 26.0 Å². The standard InChI is InChI=1S/C20H27N5O2/c1-3-4-7-11-22-20(26)16-17-19(25(18(16)21)12-8-13-27-2)24-15-10-6-5-9-14(15)23-17/h5-6,9-10H,3-4,7-8,11-13,21H2,1-2H3,(H,22,26). The second-order valence-electron chi connectivity index (χ2n) is 6.61. The molecular formula is C20H27N5O2. The van der Waals surface area contributed by atoms with Crippen LogP contribution in [0.4, 0.5) is 5.82 Å². The van der Waals surface area contributed by atoms with E-state index in [1.165, 1.54) is 0 Å². The van der Waals surface area contributed by atoms with Crippen molar-refractivity contribution in [2.24, 2.45) is 0 Å². The minimum atomic E-state index is -0.191. The Labute approximate surface area is 158 Å². The SMILES string of the molecule is CCCCCNC(=O)c1c(N)n(CCCOC)c2nc3ccccc3nc12. The molecule has 0 aliphatic heterocycles. The largest absolute Gasteiger partial charge is 0.385 e. The summed E-state index contributed by atoms with van der Waals surface area (Å²) >= 11 is 0. The number of nitrogen functional groups attached to an aromatic ring is 1. The molecule has 0 saturated heterocycles. The van der Waals surface area contributed by atoms with E-state index in [0.717, 1.165) is 36.7 Å². The highest BCUT2D eigenvalue weighted by Crippen LogP contribution is 2.28. The number of nitrogens with one attached hydrogen (secondary N) is 1. The van der Waals surface area contributed by atoms with Gasteiger partial charge >= 0.3 is 0 Å². The van der Waals surface area contributed by atoms with E-state index >= 15 is 0 Å². The third kappa shape index (κ3) is 4.03. The number of aryl methyl sites for hydroxylation is 1. The first kappa shape index (κ1) is 19.1. The number of benzene rings is 1. The topological polar surface area (TPSA) is 95.1 Å². The lowest BCUT2D eigenvalue weighted by molar-refractivity contribution is 0.0955. The number of para-hydroxylation sites is 2. The predicted molar refractivity (Wildman–Crippen MR) is 108 cm³/mol. The molecule has 0 saturated carbocycles. The average molecular weight is 369 g/mol. The van der Waals surface area contributed by atoms with Crippen LogP contribution in [0.25, 0.3) is 22.2 Å². The molecule has 0 aliphatic carbocycles. The summed E-state index contributed by atoms with van der Waals surface area (Å²) in [4.78, 5) is 22.3. The molecule has 27 heavy (non-hydrogen) atoms. The van der Waals surface area contributed by atoms with Gasteiger partial charge in [-0.25, -0.2) is 9.97 Å². The number of hydrogen-bond acceptors (Lipinski definition) is 5. The molecule has 2 heterocycles. The number of rotatable bonds is 9. The third-order valence-corrected chi connectivity index (χ3v) is 4.61. The maximum Gasteiger partial charge on any atom is 0.257 e. The summed E-state index contributed by atoms with van der Waals surface area (Å²) in [5.41, 5.74) is 9.51. The van der Waals surface area contributed by atoms with Gasteiger partial charge in [0.1, 0.15) is 16.9 Å². The number of carbonyl (C=O) groups is 1. The minimum Gasteiger partial charge on any atom is -0.385 e. The molecule has 0 aliphatic rings. The molecule has 2 aromatic heterocycles. The number of unbranched alkanes of at least 4 members (excludes halogenated alkanes) is 2. The molecule has 1 aromatic carbocycles. The number of aromatic nitrogens is 3. The highest BCUT2D eigenvalue weighted by atomic mass is 16.5. The average Bonchev–Trinajstić information content (AvgIpc) is 2.94. The zero-order valence-corrected chi connectivity index (χ0v) is 16.0. The zero-order chi connectivity index (χ0) is 19.2. The molecule has 1 amide bonds. The van der Waals surface area contributed by atoms with Gasteiger partial charge in [-0.3, -0.25) is 4.79 Å². The maximum atomic E-state index is 12.8. The highest BCUT2D eigenvalue weighted by molar-refractivity contribution is 6.10. The number of carbonyl (C=O) groups excluding carboxylic acids is 1. The lowest BCUT2D eigenvalue weighted by Crippen LogP contribution is -2.25. The Balaban J connectivity index is 2.03. The van der Waals surface area contributed by atoms with Gasteiger partial charge in [0.25, 0.3) is 5.91 Å². The van der Waals surface area contributed by atoms with E-state index < -0.39 is 0 Å². The van der Waals surface area contributed by atoms with E-state index in [-0.39, 0.29) is 5.91 Å². The number of methoxy groups -OCH3 is 1. The number of anilines is 1. The van der Waals surface area contributed by atoms with Crippen LogP contribution in [-0.2, 0) is 11.3 Å². The number of ether oxygens (including phenoxy) is 1. The van der Waals surface area contributed by atoms with Crippen LogP contribution in [0.15, 0.2) is 24.3 Å². The summed E-state index contributed by atoms with van der Waals surface area (Å²) in [6.07, 6.45) is 3.91. The van der Waals surface area contributed by atoms with E-state index in [1.807, 2.05) is 28.8 Å². The van der Waals surface area contributed by atoms with Gasteiger partial charge in [0.15, 0.2) is 5.65 Å². The number of fused-ring (bicyclic) bond motifs is 2. The molecule has 3 N–H and O–H groups in total. The molecule has 0 fully saturated rings. The molecule has 0 atom stereocenters. The van der Waals surface area contributed by atoms with Crippen molar-refractivity contribution in [3.05, 3.63) is 29.8 Å². The number of nitrogens with zero attached hydrogens (tertiary/aromatic N) is 3. The van der Waals surface area contributed by atoms with E-state index in [9.17, 15) is 4.79 Å². The molecule has 7 heteroatoms. The van der Waals surface area contributed by atoms with Crippen molar-refractivity contribution in [2.45, 2.75) is 39.2 Å². The Morgan fingerprint density at radius 1 is 1.19 bits per heavy atom. The first-order valence-corrected chi connectivity index (χ1v) is 9.49. The smallest absolute Gasteiger partial charge is 0.257 e. The maximum absolute atomic E-state index is 12.8. The fourth-order valence-corrected chi connectivity index (χ4v) is 3.20. The Bertz CT molecular complexity index is 935. The molecular weight excluding hydrogens is 342 g/mol. The van der Waals surface area contributed by atoms with Crippen molar-refractivity contribution in [1.82, 2.24) is 19.9 Å². The van der Waals surface area contributed by atoms with Gasteiger partial charge < -0.3 is 20.4 Å². The molecule has 0 unspecified atom stereocenters. The summed E-state index contributed by atoms with van der Waals surface area (Å²) in [6.45, 7) is 3.99. The van der Waals surface area contributed by atoms with Crippen molar-refractivity contribution in [1.29, 1.82) is 0 Å². The van der Waals surface area contributed by atoms with Gasteiger partial charge in [-0.15, -0.1) is 0 Å². The summed E-state index contributed by atoms with van der Waals surface area (Å²) in [6, 6.07) is 7.64. The minimum absolute atomic E-state index is 0.191. The van der Waals surface area contributed by atoms with Gasteiger partial charge in [0.2, 0.25) is 0 Å². The highest BCUT2D eigenvalue weighted by Gasteiger charge is 2.23. The quantitative estimate of drug-likeness (QED) is 0.565. The van der Waals surface area contributed by atoms with Crippen LogP contribution in [0.2, 0.25) is 0 Å². The molecule has 0 radical (unpaired) electrons. The second kappa shape index (κ2) is 8.81. The van der Waals surface area contributed by atoms with Crippen molar-refractivity contribution in [3.63, 3.8) is 0 Å². The molecule has 0 bridgehead atoms. The number of amides is 1. The Morgan fingerprint density at radius 2 is 1.93 bits per heavy atom. The molecule has 3 aromatic rings. The van der Waals surface area contributed by atoms with E-state index in [1.54, 1.807) is 7.11 Å². The van der Waals surface area contributed by atoms with Gasteiger partial charge in [0, 0.05) is 26.8 Å². The van der Waals surface area contributed by atoms with Gasteiger partial charge in [-0.2, -0.15) is 0 Å². The molecule has 3 rings (SSSR count). The lowest BCUT2D eigenvalue weighted by atomic mass is 10.2. The van der Waals surface area contributed by atoms with Crippen molar-refractivity contribution >= 4 is 33.9 Å². The predicted octanol–water partition coefficient (Wildman–Crippen LogP) is 3.12. The van der Waals surface area contributed by atoms with Crippen LogP contribution < -0.4 is 11.1 Å². The molecule has 0 spiro atoms. The fourth-order valence-electron chi connectivity index (χ4n) is 3.20. The monoisotopic (exact) mass is 369 g/mol. The Hall–Kier alpha value is -2.67. The number of hydrogen-bond donors (Lipinski definition) is 2. The molecule has 144 valence electrons. The van der Waals surface area contributed by atoms with Crippen molar-refractivity contribution in [3.8, 4) is 0 Å². The Morgan fingerprint density at radius 3 is 2.63 bits per heavy atom. The number of nitrogens with two attached hydrogens (primary N) is 1. The first-order chi connectivity index (χ1) is 13.2. The van der Waals surface area contributed by atoms with Crippen LogP contribution in [0.5, 0.6) is 0 Å². The zero-order valence-electron chi connectivity index (χ0n) is 16.0. The Kier molecular flexibility index (Phi) is 6.24.